The summed E-state index contributed by atoms with van der Waals surface area (Å²) in [6, 6.07) is 6.49. The van der Waals surface area contributed by atoms with E-state index in [0.29, 0.717) is 5.92 Å². The third kappa shape index (κ3) is 3.15. The number of imidazole rings is 1. The van der Waals surface area contributed by atoms with Crippen LogP contribution >= 0.6 is 0 Å². The number of likely N-dealkylation sites (N-methyl/N-ethyl adjacent to an activating group) is 1. The van der Waals surface area contributed by atoms with Crippen molar-refractivity contribution in [2.75, 3.05) is 38.1 Å². The normalized spacial score (nSPS) is 18.4. The Labute approximate surface area is 171 Å². The highest BCUT2D eigenvalue weighted by Gasteiger charge is 2.31. The lowest BCUT2D eigenvalue weighted by molar-refractivity contribution is 0.101. The van der Waals surface area contributed by atoms with Crippen molar-refractivity contribution in [1.29, 1.82) is 0 Å². The van der Waals surface area contributed by atoms with Gasteiger partial charge in [0.2, 0.25) is 0 Å². The van der Waals surface area contributed by atoms with Crippen molar-refractivity contribution in [2.24, 2.45) is 0 Å². The Morgan fingerprint density at radius 3 is 2.55 bits per heavy atom. The van der Waals surface area contributed by atoms with E-state index in [4.69, 9.17) is 4.98 Å². The molecule has 0 radical (unpaired) electrons. The van der Waals surface area contributed by atoms with Crippen molar-refractivity contribution in [2.45, 2.75) is 39.0 Å². The van der Waals surface area contributed by atoms with E-state index in [-0.39, 0.29) is 5.78 Å². The lowest BCUT2D eigenvalue weighted by Gasteiger charge is -2.34. The number of hydrogen-bond acceptors (Lipinski definition) is 4. The number of nitrogens with zero attached hydrogens (tertiary/aromatic N) is 3. The fraction of sp³-hybridized carbons (Fsp3) is 0.478. The summed E-state index contributed by atoms with van der Waals surface area (Å²) in [5.41, 5.74) is 7.24. The molecule has 1 saturated heterocycles. The number of rotatable bonds is 4. The summed E-state index contributed by atoms with van der Waals surface area (Å²) >= 11 is 0. The van der Waals surface area contributed by atoms with Crippen molar-refractivity contribution in [1.82, 2.24) is 19.9 Å². The van der Waals surface area contributed by atoms with Crippen molar-refractivity contribution in [3.8, 4) is 11.5 Å². The Kier molecular flexibility index (Phi) is 4.46. The summed E-state index contributed by atoms with van der Waals surface area (Å²) in [4.78, 5) is 29.0. The first kappa shape index (κ1) is 18.4. The first-order valence-electron chi connectivity index (χ1n) is 10.7. The molecule has 0 unspecified atom stereocenters. The Balaban J connectivity index is 1.54. The average molecular weight is 392 g/mol. The highest BCUT2D eigenvalue weighted by molar-refractivity contribution is 5.99. The zero-order valence-corrected chi connectivity index (χ0v) is 17.5. The molecular weight excluding hydrogens is 362 g/mol. The highest BCUT2D eigenvalue weighted by Crippen LogP contribution is 2.43. The van der Waals surface area contributed by atoms with Crippen LogP contribution in [-0.2, 0) is 0 Å². The van der Waals surface area contributed by atoms with E-state index in [1.54, 1.807) is 6.92 Å². The molecule has 0 spiro atoms. The monoisotopic (exact) mass is 391 g/mol. The van der Waals surface area contributed by atoms with Crippen LogP contribution in [0.1, 0.15) is 53.7 Å². The van der Waals surface area contributed by atoms with Crippen LogP contribution in [0.4, 0.5) is 5.69 Å². The molecule has 1 aliphatic carbocycles. The van der Waals surface area contributed by atoms with Gasteiger partial charge in [-0.3, -0.25) is 4.79 Å². The number of fused-ring (bicyclic) bond motifs is 1. The number of carbonyl (C=O) groups excluding carboxylic acids is 1. The maximum absolute atomic E-state index is 12.3. The van der Waals surface area contributed by atoms with Gasteiger partial charge in [0.1, 0.15) is 0 Å². The molecule has 1 saturated carbocycles. The Hall–Kier alpha value is -2.60. The molecule has 2 N–H and O–H groups in total. The first-order valence-corrected chi connectivity index (χ1v) is 10.7. The summed E-state index contributed by atoms with van der Waals surface area (Å²) in [6.45, 7) is 7.94. The van der Waals surface area contributed by atoms with Gasteiger partial charge in [0, 0.05) is 43.1 Å². The standard InChI is InChI=1S/C23H29N5O/c1-14-20(15(2)29)21(16-5-4-6-16)22(24-14)23-25-18-8-7-17(13-19(18)26-23)28-11-9-27(3)10-12-28/h7-8,13,16,24H,4-6,9-12H2,1-3H3,(H,25,26). The first-order chi connectivity index (χ1) is 14.0. The number of carbonyl (C=O) groups is 1. The van der Waals surface area contributed by atoms with Crippen LogP contribution in [0.3, 0.4) is 0 Å². The number of anilines is 1. The Bertz CT molecular complexity index is 1070. The van der Waals surface area contributed by atoms with Crippen LogP contribution in [-0.4, -0.2) is 58.9 Å². The quantitative estimate of drug-likeness (QED) is 0.658. The molecule has 2 fully saturated rings. The Morgan fingerprint density at radius 2 is 1.90 bits per heavy atom. The van der Waals surface area contributed by atoms with Gasteiger partial charge in [-0.1, -0.05) is 6.42 Å². The minimum absolute atomic E-state index is 0.139. The summed E-state index contributed by atoms with van der Waals surface area (Å²) in [5.74, 6) is 1.44. The molecule has 2 aromatic heterocycles. The molecule has 29 heavy (non-hydrogen) atoms. The Morgan fingerprint density at radius 1 is 1.14 bits per heavy atom. The summed E-state index contributed by atoms with van der Waals surface area (Å²) in [7, 11) is 2.18. The number of benzene rings is 1. The fourth-order valence-electron chi connectivity index (χ4n) is 4.77. The van der Waals surface area contributed by atoms with Crippen molar-refractivity contribution < 1.29 is 4.79 Å². The molecule has 0 bridgehead atoms. The number of nitrogens with one attached hydrogen (secondary N) is 2. The zero-order valence-electron chi connectivity index (χ0n) is 17.5. The van der Waals surface area contributed by atoms with E-state index in [1.165, 1.54) is 17.7 Å². The average Bonchev–Trinajstić information content (AvgIpc) is 3.21. The van der Waals surface area contributed by atoms with Gasteiger partial charge in [0.15, 0.2) is 11.6 Å². The van der Waals surface area contributed by atoms with E-state index in [2.05, 4.69) is 45.0 Å². The summed E-state index contributed by atoms with van der Waals surface area (Å²) < 4.78 is 0. The van der Waals surface area contributed by atoms with E-state index in [9.17, 15) is 4.79 Å². The highest BCUT2D eigenvalue weighted by atomic mass is 16.1. The minimum atomic E-state index is 0.139. The number of hydrogen-bond donors (Lipinski definition) is 2. The molecule has 6 heteroatoms. The molecule has 0 amide bonds. The van der Waals surface area contributed by atoms with Crippen molar-refractivity contribution in [3.05, 3.63) is 35.0 Å². The maximum atomic E-state index is 12.3. The second kappa shape index (κ2) is 7.02. The summed E-state index contributed by atoms with van der Waals surface area (Å²) in [5, 5.41) is 0. The predicted molar refractivity (Wildman–Crippen MR) is 117 cm³/mol. The van der Waals surface area contributed by atoms with Crippen LogP contribution in [0.15, 0.2) is 18.2 Å². The van der Waals surface area contributed by atoms with Gasteiger partial charge < -0.3 is 19.8 Å². The van der Waals surface area contributed by atoms with Gasteiger partial charge in [0.25, 0.3) is 0 Å². The van der Waals surface area contributed by atoms with E-state index >= 15 is 0 Å². The zero-order chi connectivity index (χ0) is 20.1. The molecule has 1 aliphatic heterocycles. The number of aryl methyl sites for hydroxylation is 1. The van der Waals surface area contributed by atoms with Gasteiger partial charge in [-0.25, -0.2) is 4.98 Å². The second-order valence-corrected chi connectivity index (χ2v) is 8.67. The number of ketones is 1. The third-order valence-electron chi connectivity index (χ3n) is 6.66. The molecular formula is C23H29N5O. The third-order valence-corrected chi connectivity index (χ3v) is 6.66. The molecule has 3 heterocycles. The molecule has 5 rings (SSSR count). The maximum Gasteiger partial charge on any atom is 0.161 e. The molecule has 152 valence electrons. The van der Waals surface area contributed by atoms with Crippen LogP contribution in [0.2, 0.25) is 0 Å². The lowest BCUT2D eigenvalue weighted by atomic mass is 9.77. The van der Waals surface area contributed by atoms with E-state index in [1.807, 2.05) is 6.92 Å². The van der Waals surface area contributed by atoms with Gasteiger partial charge in [0.05, 0.1) is 16.7 Å². The van der Waals surface area contributed by atoms with Gasteiger partial charge in [-0.05, 0) is 63.4 Å². The molecule has 1 aromatic carbocycles. The molecule has 0 atom stereocenters. The van der Waals surface area contributed by atoms with Gasteiger partial charge in [-0.2, -0.15) is 0 Å². The van der Waals surface area contributed by atoms with E-state index < -0.39 is 0 Å². The summed E-state index contributed by atoms with van der Waals surface area (Å²) in [6.07, 6.45) is 3.54. The number of H-pyrrole nitrogens is 2. The fourth-order valence-corrected chi connectivity index (χ4v) is 4.77. The number of aromatic nitrogens is 3. The van der Waals surface area contributed by atoms with Crippen molar-refractivity contribution in [3.63, 3.8) is 0 Å². The smallest absolute Gasteiger partial charge is 0.161 e. The van der Waals surface area contributed by atoms with Gasteiger partial charge in [-0.15, -0.1) is 0 Å². The SMILES string of the molecule is CC(=O)c1c(C)[nH]c(-c2nc3ccc(N4CCN(C)CC4)cc3[nH]2)c1C1CCC1. The van der Waals surface area contributed by atoms with Crippen LogP contribution in [0.5, 0.6) is 0 Å². The minimum Gasteiger partial charge on any atom is -0.369 e. The number of aromatic amines is 2. The molecule has 6 nitrogen and oxygen atoms in total. The second-order valence-electron chi connectivity index (χ2n) is 8.67. The lowest BCUT2D eigenvalue weighted by Crippen LogP contribution is -2.44. The molecule has 3 aromatic rings. The topological polar surface area (TPSA) is 68.0 Å². The number of Topliss-reactive ketones (excluding diaryl/α,β-unsaturated/α-hetero) is 1. The van der Waals surface area contributed by atoms with Crippen LogP contribution < -0.4 is 4.90 Å². The number of piperazine rings is 1. The largest absolute Gasteiger partial charge is 0.369 e. The van der Waals surface area contributed by atoms with Crippen LogP contribution in [0, 0.1) is 6.92 Å². The van der Waals surface area contributed by atoms with E-state index in [0.717, 1.165) is 72.8 Å². The van der Waals surface area contributed by atoms with Gasteiger partial charge >= 0.3 is 0 Å². The molecule has 2 aliphatic rings. The predicted octanol–water partition coefficient (Wildman–Crippen LogP) is 4.09. The van der Waals surface area contributed by atoms with Crippen molar-refractivity contribution >= 4 is 22.5 Å². The van der Waals surface area contributed by atoms with Crippen LogP contribution in [0.25, 0.3) is 22.6 Å².